The highest BCUT2D eigenvalue weighted by atomic mass is 32.2. The molecular weight excluding hydrogens is 240 g/mol. The molecule has 3 heteroatoms. The minimum atomic E-state index is 0.805. The van der Waals surface area contributed by atoms with Crippen LogP contribution >= 0.6 is 11.8 Å². The van der Waals surface area contributed by atoms with Crippen LogP contribution in [0.5, 0.6) is 0 Å². The summed E-state index contributed by atoms with van der Waals surface area (Å²) in [5.41, 5.74) is 8.13. The number of nitrogen functional groups attached to an aromatic ring is 1. The van der Waals surface area contributed by atoms with E-state index >= 15 is 0 Å². The van der Waals surface area contributed by atoms with Crippen molar-refractivity contribution in [2.45, 2.75) is 43.5 Å². The third kappa shape index (κ3) is 2.67. The summed E-state index contributed by atoms with van der Waals surface area (Å²) in [4.78, 5) is 2.69. The van der Waals surface area contributed by atoms with Crippen LogP contribution in [0.25, 0.3) is 0 Å². The first-order valence-electron chi connectivity index (χ1n) is 7.03. The summed E-state index contributed by atoms with van der Waals surface area (Å²) < 4.78 is 0. The standard InChI is InChI=1S/C15H22N2S/c16-13-5-3-4-12(10-13)11-17-8-9-18-15-7-2-1-6-14(15)17/h3-5,10,14-15H,1-2,6-9,11,16H2. The summed E-state index contributed by atoms with van der Waals surface area (Å²) in [6.07, 6.45) is 5.65. The van der Waals surface area contributed by atoms with Gasteiger partial charge in [-0.05, 0) is 30.5 Å². The molecule has 2 aliphatic rings. The van der Waals surface area contributed by atoms with Crippen LogP contribution in [-0.4, -0.2) is 28.5 Å². The minimum Gasteiger partial charge on any atom is -0.399 e. The second-order valence-corrected chi connectivity index (χ2v) is 6.82. The van der Waals surface area contributed by atoms with Crippen LogP contribution in [0.2, 0.25) is 0 Å². The molecule has 1 saturated heterocycles. The second-order valence-electron chi connectivity index (χ2n) is 5.48. The molecule has 1 aromatic rings. The van der Waals surface area contributed by atoms with Crippen molar-refractivity contribution in [1.29, 1.82) is 0 Å². The third-order valence-electron chi connectivity index (χ3n) is 4.18. The Labute approximate surface area is 114 Å². The van der Waals surface area contributed by atoms with Gasteiger partial charge in [0.05, 0.1) is 0 Å². The number of anilines is 1. The third-order valence-corrected chi connectivity index (χ3v) is 5.58. The van der Waals surface area contributed by atoms with Gasteiger partial charge in [0, 0.05) is 35.8 Å². The van der Waals surface area contributed by atoms with E-state index in [0.717, 1.165) is 23.5 Å². The molecule has 2 nitrogen and oxygen atoms in total. The largest absolute Gasteiger partial charge is 0.399 e. The highest BCUT2D eigenvalue weighted by Gasteiger charge is 2.33. The van der Waals surface area contributed by atoms with E-state index in [0.29, 0.717) is 0 Å². The lowest BCUT2D eigenvalue weighted by Gasteiger charge is -2.43. The van der Waals surface area contributed by atoms with E-state index in [1.54, 1.807) is 0 Å². The topological polar surface area (TPSA) is 29.3 Å². The van der Waals surface area contributed by atoms with Gasteiger partial charge in [-0.1, -0.05) is 25.0 Å². The molecule has 0 aromatic heterocycles. The van der Waals surface area contributed by atoms with Crippen LogP contribution in [0.3, 0.4) is 0 Å². The van der Waals surface area contributed by atoms with Crippen LogP contribution < -0.4 is 5.73 Å². The summed E-state index contributed by atoms with van der Waals surface area (Å²) in [5, 5.41) is 0.883. The zero-order chi connectivity index (χ0) is 12.4. The average molecular weight is 262 g/mol. The molecule has 1 heterocycles. The van der Waals surface area contributed by atoms with E-state index in [1.165, 1.54) is 43.5 Å². The van der Waals surface area contributed by atoms with Gasteiger partial charge < -0.3 is 5.73 Å². The first-order valence-corrected chi connectivity index (χ1v) is 8.08. The number of hydrogen-bond donors (Lipinski definition) is 1. The Bertz CT molecular complexity index is 405. The van der Waals surface area contributed by atoms with Crippen molar-refractivity contribution >= 4 is 17.4 Å². The van der Waals surface area contributed by atoms with Gasteiger partial charge in [-0.3, -0.25) is 4.90 Å². The SMILES string of the molecule is Nc1cccc(CN2CCSC3CCCCC32)c1. The lowest BCUT2D eigenvalue weighted by atomic mass is 9.93. The molecule has 0 spiro atoms. The summed E-state index contributed by atoms with van der Waals surface area (Å²) in [6, 6.07) is 9.18. The molecule has 2 N–H and O–H groups in total. The van der Waals surface area contributed by atoms with Gasteiger partial charge in [-0.2, -0.15) is 11.8 Å². The molecule has 3 rings (SSSR count). The molecule has 98 valence electrons. The Kier molecular flexibility index (Phi) is 3.80. The summed E-state index contributed by atoms with van der Waals surface area (Å²) >= 11 is 2.20. The van der Waals surface area contributed by atoms with E-state index in [2.05, 4.69) is 34.9 Å². The smallest absolute Gasteiger partial charge is 0.0317 e. The molecular formula is C15H22N2S. The van der Waals surface area contributed by atoms with E-state index in [1.807, 2.05) is 6.07 Å². The van der Waals surface area contributed by atoms with Crippen LogP contribution in [0, 0.1) is 0 Å². The van der Waals surface area contributed by atoms with Crippen molar-refractivity contribution in [3.63, 3.8) is 0 Å². The summed E-state index contributed by atoms with van der Waals surface area (Å²) in [7, 11) is 0. The normalized spacial score (nSPS) is 28.9. The van der Waals surface area contributed by atoms with Gasteiger partial charge in [0.2, 0.25) is 0 Å². The number of fused-ring (bicyclic) bond motifs is 1. The lowest BCUT2D eigenvalue weighted by Crippen LogP contribution is -2.48. The molecule has 2 atom stereocenters. The highest BCUT2D eigenvalue weighted by Crippen LogP contribution is 2.36. The fourth-order valence-electron chi connectivity index (χ4n) is 3.30. The van der Waals surface area contributed by atoms with Crippen LogP contribution in [0.15, 0.2) is 24.3 Å². The van der Waals surface area contributed by atoms with Crippen molar-refractivity contribution in [3.05, 3.63) is 29.8 Å². The zero-order valence-electron chi connectivity index (χ0n) is 10.8. The Balaban J connectivity index is 1.71. The van der Waals surface area contributed by atoms with Gasteiger partial charge in [0.1, 0.15) is 0 Å². The van der Waals surface area contributed by atoms with Crippen LogP contribution in [0.4, 0.5) is 5.69 Å². The molecule has 1 saturated carbocycles. The number of thioether (sulfide) groups is 1. The summed E-state index contributed by atoms with van der Waals surface area (Å²) in [5.74, 6) is 1.30. The van der Waals surface area contributed by atoms with Crippen molar-refractivity contribution < 1.29 is 0 Å². The van der Waals surface area contributed by atoms with E-state index in [-0.39, 0.29) is 0 Å². The van der Waals surface area contributed by atoms with E-state index in [4.69, 9.17) is 5.73 Å². The monoisotopic (exact) mass is 262 g/mol. The number of hydrogen-bond acceptors (Lipinski definition) is 3. The number of nitrogens with zero attached hydrogens (tertiary/aromatic N) is 1. The lowest BCUT2D eigenvalue weighted by molar-refractivity contribution is 0.155. The van der Waals surface area contributed by atoms with Gasteiger partial charge in [0.15, 0.2) is 0 Å². The van der Waals surface area contributed by atoms with Crippen molar-refractivity contribution in [2.24, 2.45) is 0 Å². The zero-order valence-corrected chi connectivity index (χ0v) is 11.7. The Hall–Kier alpha value is -0.670. The van der Waals surface area contributed by atoms with Crippen LogP contribution in [-0.2, 0) is 6.54 Å². The second kappa shape index (κ2) is 5.54. The molecule has 2 fully saturated rings. The van der Waals surface area contributed by atoms with E-state index in [9.17, 15) is 0 Å². The Morgan fingerprint density at radius 3 is 3.06 bits per heavy atom. The fraction of sp³-hybridized carbons (Fsp3) is 0.600. The number of benzene rings is 1. The molecule has 0 radical (unpaired) electrons. The average Bonchev–Trinajstić information content (AvgIpc) is 2.39. The molecule has 2 unspecified atom stereocenters. The summed E-state index contributed by atoms with van der Waals surface area (Å²) in [6.45, 7) is 2.31. The maximum Gasteiger partial charge on any atom is 0.0317 e. The molecule has 18 heavy (non-hydrogen) atoms. The first kappa shape index (κ1) is 12.4. The van der Waals surface area contributed by atoms with E-state index < -0.39 is 0 Å². The van der Waals surface area contributed by atoms with Gasteiger partial charge in [0.25, 0.3) is 0 Å². The Morgan fingerprint density at radius 2 is 2.17 bits per heavy atom. The van der Waals surface area contributed by atoms with Crippen molar-refractivity contribution in [3.8, 4) is 0 Å². The molecule has 0 amide bonds. The minimum absolute atomic E-state index is 0.805. The van der Waals surface area contributed by atoms with Gasteiger partial charge in [-0.25, -0.2) is 0 Å². The molecule has 1 aliphatic carbocycles. The number of rotatable bonds is 2. The predicted octanol–water partition coefficient (Wildman–Crippen LogP) is 3.13. The van der Waals surface area contributed by atoms with Crippen LogP contribution in [0.1, 0.15) is 31.2 Å². The quantitative estimate of drug-likeness (QED) is 0.830. The predicted molar refractivity (Wildman–Crippen MR) is 79.8 cm³/mol. The molecule has 1 aliphatic heterocycles. The fourth-order valence-corrected chi connectivity index (χ4v) is 4.81. The maximum absolute atomic E-state index is 5.87. The van der Waals surface area contributed by atoms with Crippen molar-refractivity contribution in [1.82, 2.24) is 4.90 Å². The molecule has 0 bridgehead atoms. The Morgan fingerprint density at radius 1 is 1.28 bits per heavy atom. The van der Waals surface area contributed by atoms with Gasteiger partial charge >= 0.3 is 0 Å². The number of nitrogens with two attached hydrogens (primary N) is 1. The first-order chi connectivity index (χ1) is 8.83. The highest BCUT2D eigenvalue weighted by molar-refractivity contribution is 8.00. The van der Waals surface area contributed by atoms with Gasteiger partial charge in [-0.15, -0.1) is 0 Å². The maximum atomic E-state index is 5.87. The van der Waals surface area contributed by atoms with Crippen molar-refractivity contribution in [2.75, 3.05) is 18.0 Å². The molecule has 1 aromatic carbocycles.